The molecule has 124 valence electrons. The molecule has 23 heavy (non-hydrogen) atoms. The molecule has 4 heterocycles. The minimum absolute atomic E-state index is 0.0722. The summed E-state index contributed by atoms with van der Waals surface area (Å²) in [6.07, 6.45) is 2.59. The quantitative estimate of drug-likeness (QED) is 0.723. The van der Waals surface area contributed by atoms with E-state index in [0.29, 0.717) is 18.7 Å². The van der Waals surface area contributed by atoms with E-state index in [9.17, 15) is 9.90 Å². The molecule has 0 aromatic carbocycles. The normalized spacial score (nSPS) is 28.2. The predicted molar refractivity (Wildman–Crippen MR) is 86.7 cm³/mol. The molecule has 0 spiro atoms. The second-order valence-electron chi connectivity index (χ2n) is 6.59. The molecular weight excluding hydrogens is 296 g/mol. The number of amides is 1. The van der Waals surface area contributed by atoms with E-state index in [1.54, 1.807) is 6.33 Å². The van der Waals surface area contributed by atoms with Crippen LogP contribution >= 0.6 is 0 Å². The number of aliphatic hydroxyl groups is 1. The van der Waals surface area contributed by atoms with E-state index >= 15 is 0 Å². The van der Waals surface area contributed by atoms with Gasteiger partial charge in [-0.05, 0) is 20.0 Å². The zero-order valence-corrected chi connectivity index (χ0v) is 13.3. The minimum Gasteiger partial charge on any atom is -0.391 e. The monoisotopic (exact) mass is 318 g/mol. The molecule has 0 saturated carbocycles. The van der Waals surface area contributed by atoms with Crippen LogP contribution in [0.5, 0.6) is 0 Å². The number of aliphatic hydroxyl groups excluding tert-OH is 1. The molecule has 8 nitrogen and oxygen atoms in total. The number of fused-ring (bicyclic) bond motifs is 3. The third-order valence-corrected chi connectivity index (χ3v) is 4.93. The molecular formula is C15H22N6O2. The Hall–Kier alpha value is -1.93. The molecule has 0 unspecified atom stereocenters. The van der Waals surface area contributed by atoms with Crippen LogP contribution in [0, 0.1) is 0 Å². The molecule has 2 N–H and O–H groups in total. The third-order valence-electron chi connectivity index (χ3n) is 4.93. The zero-order valence-electron chi connectivity index (χ0n) is 13.3. The topological polar surface area (TPSA) is 84.8 Å². The van der Waals surface area contributed by atoms with Crippen molar-refractivity contribution in [3.8, 4) is 0 Å². The van der Waals surface area contributed by atoms with Crippen molar-refractivity contribution in [1.29, 1.82) is 0 Å². The number of nitrogens with zero attached hydrogens (tertiary/aromatic N) is 5. The summed E-state index contributed by atoms with van der Waals surface area (Å²) in [5, 5.41) is 12.9. The third kappa shape index (κ3) is 2.51. The SMILES string of the molecule is CN1CCCN(c2ncnc3c2NC(=O)[C@H]2C[C@@H](O)CN32)CC1. The molecule has 1 aromatic rings. The van der Waals surface area contributed by atoms with Gasteiger partial charge < -0.3 is 25.1 Å². The highest BCUT2D eigenvalue weighted by Crippen LogP contribution is 2.39. The van der Waals surface area contributed by atoms with Crippen LogP contribution in [0.15, 0.2) is 6.33 Å². The van der Waals surface area contributed by atoms with Gasteiger partial charge in [0.15, 0.2) is 11.6 Å². The van der Waals surface area contributed by atoms with Crippen molar-refractivity contribution in [1.82, 2.24) is 14.9 Å². The van der Waals surface area contributed by atoms with Gasteiger partial charge in [-0.15, -0.1) is 0 Å². The Labute approximate surface area is 135 Å². The molecule has 0 bridgehead atoms. The summed E-state index contributed by atoms with van der Waals surface area (Å²) in [5.74, 6) is 1.45. The molecule has 3 aliphatic heterocycles. The van der Waals surface area contributed by atoms with Gasteiger partial charge in [0.25, 0.3) is 0 Å². The molecule has 4 rings (SSSR count). The molecule has 8 heteroatoms. The van der Waals surface area contributed by atoms with Crippen molar-refractivity contribution in [3.05, 3.63) is 6.33 Å². The standard InChI is InChI=1S/C15H22N6O2/c1-19-3-2-4-20(6-5-19)13-12-14(17-9-16-13)21-8-10(22)7-11(21)15(23)18-12/h9-11,22H,2-8H2,1H3,(H,18,23)/t10-,11-/m1/s1. The molecule has 2 atom stereocenters. The van der Waals surface area contributed by atoms with E-state index in [2.05, 4.69) is 32.1 Å². The number of hydrogen-bond acceptors (Lipinski definition) is 7. The second-order valence-corrected chi connectivity index (χ2v) is 6.59. The van der Waals surface area contributed by atoms with Gasteiger partial charge in [-0.1, -0.05) is 0 Å². The fourth-order valence-corrected chi connectivity index (χ4v) is 3.70. The Balaban J connectivity index is 1.69. The smallest absolute Gasteiger partial charge is 0.247 e. The maximum Gasteiger partial charge on any atom is 0.247 e. The van der Waals surface area contributed by atoms with Crippen molar-refractivity contribution in [2.45, 2.75) is 25.0 Å². The molecule has 0 aliphatic carbocycles. The predicted octanol–water partition coefficient (Wildman–Crippen LogP) is -0.490. The van der Waals surface area contributed by atoms with E-state index in [0.717, 1.165) is 44.2 Å². The molecule has 3 aliphatic rings. The van der Waals surface area contributed by atoms with Crippen molar-refractivity contribution in [2.24, 2.45) is 0 Å². The fraction of sp³-hybridized carbons (Fsp3) is 0.667. The van der Waals surface area contributed by atoms with Gasteiger partial charge >= 0.3 is 0 Å². The Morgan fingerprint density at radius 1 is 1.22 bits per heavy atom. The van der Waals surface area contributed by atoms with E-state index in [-0.39, 0.29) is 11.9 Å². The number of likely N-dealkylation sites (N-methyl/N-ethyl adjacent to an activating group) is 1. The first-order valence-electron chi connectivity index (χ1n) is 8.17. The Morgan fingerprint density at radius 2 is 2.04 bits per heavy atom. The fourth-order valence-electron chi connectivity index (χ4n) is 3.70. The van der Waals surface area contributed by atoms with Gasteiger partial charge in [0.2, 0.25) is 5.91 Å². The number of aromatic nitrogens is 2. The van der Waals surface area contributed by atoms with Gasteiger partial charge in [-0.25, -0.2) is 9.97 Å². The summed E-state index contributed by atoms with van der Waals surface area (Å²) < 4.78 is 0. The van der Waals surface area contributed by atoms with E-state index in [1.807, 2.05) is 4.90 Å². The minimum atomic E-state index is -0.484. The molecule has 1 amide bonds. The van der Waals surface area contributed by atoms with Crippen LogP contribution < -0.4 is 15.1 Å². The summed E-state index contributed by atoms with van der Waals surface area (Å²) in [4.78, 5) is 27.6. The number of hydrogen-bond donors (Lipinski definition) is 2. The summed E-state index contributed by atoms with van der Waals surface area (Å²) in [7, 11) is 2.12. The first kappa shape index (κ1) is 14.6. The summed E-state index contributed by atoms with van der Waals surface area (Å²) in [5.41, 5.74) is 0.687. The van der Waals surface area contributed by atoms with Crippen molar-refractivity contribution < 1.29 is 9.90 Å². The number of nitrogens with one attached hydrogen (secondary N) is 1. The maximum absolute atomic E-state index is 12.4. The largest absolute Gasteiger partial charge is 0.391 e. The molecule has 2 saturated heterocycles. The lowest BCUT2D eigenvalue weighted by molar-refractivity contribution is -0.117. The van der Waals surface area contributed by atoms with Crippen LogP contribution in [0.25, 0.3) is 0 Å². The van der Waals surface area contributed by atoms with Crippen molar-refractivity contribution in [3.63, 3.8) is 0 Å². The number of carbonyl (C=O) groups is 1. The summed E-state index contributed by atoms with van der Waals surface area (Å²) in [6.45, 7) is 4.27. The highest BCUT2D eigenvalue weighted by Gasteiger charge is 2.42. The maximum atomic E-state index is 12.4. The van der Waals surface area contributed by atoms with Crippen LogP contribution in [-0.4, -0.2) is 77.8 Å². The van der Waals surface area contributed by atoms with Crippen LogP contribution in [0.3, 0.4) is 0 Å². The molecule has 2 fully saturated rings. The summed E-state index contributed by atoms with van der Waals surface area (Å²) >= 11 is 0. The summed E-state index contributed by atoms with van der Waals surface area (Å²) in [6, 6.07) is -0.324. The average Bonchev–Trinajstić information content (AvgIpc) is 2.80. The number of carbonyl (C=O) groups excluding carboxylic acids is 1. The van der Waals surface area contributed by atoms with Crippen LogP contribution in [0.2, 0.25) is 0 Å². The number of anilines is 3. The lowest BCUT2D eigenvalue weighted by Crippen LogP contribution is -2.45. The number of rotatable bonds is 1. The average molecular weight is 318 g/mol. The van der Waals surface area contributed by atoms with Gasteiger partial charge in [0, 0.05) is 32.6 Å². The lowest BCUT2D eigenvalue weighted by Gasteiger charge is -2.34. The Bertz CT molecular complexity index is 624. The molecule has 0 radical (unpaired) electrons. The first-order valence-corrected chi connectivity index (χ1v) is 8.17. The Morgan fingerprint density at radius 3 is 2.91 bits per heavy atom. The lowest BCUT2D eigenvalue weighted by atomic mass is 10.1. The van der Waals surface area contributed by atoms with Gasteiger partial charge in [-0.3, -0.25) is 4.79 Å². The van der Waals surface area contributed by atoms with Crippen LogP contribution in [0.4, 0.5) is 17.3 Å². The highest BCUT2D eigenvalue weighted by molar-refractivity contribution is 6.06. The van der Waals surface area contributed by atoms with E-state index in [4.69, 9.17) is 0 Å². The zero-order chi connectivity index (χ0) is 16.0. The highest BCUT2D eigenvalue weighted by atomic mass is 16.3. The second kappa shape index (κ2) is 5.61. The van der Waals surface area contributed by atoms with Crippen molar-refractivity contribution in [2.75, 3.05) is 54.9 Å². The van der Waals surface area contributed by atoms with Crippen molar-refractivity contribution >= 4 is 23.2 Å². The van der Waals surface area contributed by atoms with Gasteiger partial charge in [-0.2, -0.15) is 0 Å². The molecule has 1 aromatic heterocycles. The van der Waals surface area contributed by atoms with Crippen LogP contribution in [0.1, 0.15) is 12.8 Å². The van der Waals surface area contributed by atoms with Gasteiger partial charge in [0.05, 0.1) is 6.10 Å². The Kier molecular flexibility index (Phi) is 3.57. The first-order chi connectivity index (χ1) is 11.1. The van der Waals surface area contributed by atoms with Gasteiger partial charge in [0.1, 0.15) is 18.1 Å². The van der Waals surface area contributed by atoms with Crippen LogP contribution in [-0.2, 0) is 4.79 Å². The van der Waals surface area contributed by atoms with E-state index in [1.165, 1.54) is 0 Å². The van der Waals surface area contributed by atoms with E-state index < -0.39 is 6.10 Å².